The smallest absolute Gasteiger partial charge is 0.208 e. The average Bonchev–Trinajstić information content (AvgIpc) is 2.74. The fourth-order valence-corrected chi connectivity index (χ4v) is 6.58. The van der Waals surface area contributed by atoms with Crippen molar-refractivity contribution < 1.29 is 16.8 Å². The van der Waals surface area contributed by atoms with Crippen molar-refractivity contribution >= 4 is 46.5 Å². The van der Waals surface area contributed by atoms with Crippen LogP contribution in [0.3, 0.4) is 0 Å². The standard InChI is InChI=1S/C24H20BrNO4S2/c1-16-3-8-20(9-4-16)31(27,28)15-23-24(14-18-13-19(25)7-12-22(18)26-23)32(29,30)21-10-5-17(2)6-11-21/h3-14H,15H2,1-2H3. The second-order valence-electron chi connectivity index (χ2n) is 7.66. The van der Waals surface area contributed by atoms with Crippen molar-refractivity contribution in [2.24, 2.45) is 0 Å². The number of rotatable bonds is 5. The van der Waals surface area contributed by atoms with Gasteiger partial charge in [-0.15, -0.1) is 0 Å². The predicted molar refractivity (Wildman–Crippen MR) is 128 cm³/mol. The van der Waals surface area contributed by atoms with Gasteiger partial charge in [-0.3, -0.25) is 4.98 Å². The SMILES string of the molecule is Cc1ccc(S(=O)(=O)Cc2nc3ccc(Br)cc3cc2S(=O)(=O)c2ccc(C)cc2)cc1. The van der Waals surface area contributed by atoms with Gasteiger partial charge in [0, 0.05) is 9.86 Å². The van der Waals surface area contributed by atoms with Crippen molar-refractivity contribution in [3.05, 3.63) is 94.1 Å². The van der Waals surface area contributed by atoms with Gasteiger partial charge in [0.2, 0.25) is 9.84 Å². The predicted octanol–water partition coefficient (Wildman–Crippen LogP) is 5.42. The highest BCUT2D eigenvalue weighted by molar-refractivity contribution is 9.10. The molecule has 1 heterocycles. The first-order valence-electron chi connectivity index (χ1n) is 9.77. The molecule has 3 aromatic carbocycles. The second-order valence-corrected chi connectivity index (χ2v) is 12.5. The number of hydrogen-bond donors (Lipinski definition) is 0. The minimum atomic E-state index is -3.99. The summed E-state index contributed by atoms with van der Waals surface area (Å²) < 4.78 is 54.0. The molecule has 0 aliphatic heterocycles. The van der Waals surface area contributed by atoms with Crippen LogP contribution in [-0.4, -0.2) is 21.8 Å². The molecule has 32 heavy (non-hydrogen) atoms. The summed E-state index contributed by atoms with van der Waals surface area (Å²) >= 11 is 3.39. The minimum absolute atomic E-state index is 0.000900. The van der Waals surface area contributed by atoms with Gasteiger partial charge in [0.05, 0.1) is 31.6 Å². The fraction of sp³-hybridized carbons (Fsp3) is 0.125. The molecule has 0 unspecified atom stereocenters. The van der Waals surface area contributed by atoms with Gasteiger partial charge in [0.1, 0.15) is 0 Å². The van der Waals surface area contributed by atoms with Gasteiger partial charge in [-0.25, -0.2) is 16.8 Å². The topological polar surface area (TPSA) is 81.2 Å². The Morgan fingerprint density at radius 3 is 1.91 bits per heavy atom. The fourth-order valence-electron chi connectivity index (χ4n) is 3.36. The molecule has 1 aromatic heterocycles. The van der Waals surface area contributed by atoms with Crippen LogP contribution in [0.5, 0.6) is 0 Å². The monoisotopic (exact) mass is 529 g/mol. The van der Waals surface area contributed by atoms with E-state index < -0.39 is 25.4 Å². The van der Waals surface area contributed by atoms with Crippen molar-refractivity contribution in [2.75, 3.05) is 0 Å². The molecule has 0 aliphatic carbocycles. The van der Waals surface area contributed by atoms with E-state index >= 15 is 0 Å². The maximum atomic E-state index is 13.5. The zero-order valence-corrected chi connectivity index (χ0v) is 20.6. The van der Waals surface area contributed by atoms with E-state index in [4.69, 9.17) is 0 Å². The first kappa shape index (κ1) is 22.6. The number of hydrogen-bond acceptors (Lipinski definition) is 5. The van der Waals surface area contributed by atoms with Gasteiger partial charge in [0.25, 0.3) is 0 Å². The molecular weight excluding hydrogens is 510 g/mol. The van der Waals surface area contributed by atoms with E-state index in [1.165, 1.54) is 30.3 Å². The molecule has 0 bridgehead atoms. The molecule has 0 fully saturated rings. The highest BCUT2D eigenvalue weighted by atomic mass is 79.9. The van der Waals surface area contributed by atoms with Crippen LogP contribution in [0.1, 0.15) is 16.8 Å². The summed E-state index contributed by atoms with van der Waals surface area (Å²) in [4.78, 5) is 4.58. The van der Waals surface area contributed by atoms with Crippen LogP contribution in [0.15, 0.2) is 92.0 Å². The van der Waals surface area contributed by atoms with Crippen molar-refractivity contribution in [2.45, 2.75) is 34.3 Å². The maximum absolute atomic E-state index is 13.5. The number of nitrogens with zero attached hydrogens (tertiary/aromatic N) is 1. The van der Waals surface area contributed by atoms with Crippen molar-refractivity contribution in [3.63, 3.8) is 0 Å². The van der Waals surface area contributed by atoms with Gasteiger partial charge in [-0.1, -0.05) is 51.3 Å². The lowest BCUT2D eigenvalue weighted by Gasteiger charge is -2.13. The summed E-state index contributed by atoms with van der Waals surface area (Å²) in [6.07, 6.45) is 0. The first-order chi connectivity index (χ1) is 15.1. The van der Waals surface area contributed by atoms with Crippen LogP contribution in [0, 0.1) is 13.8 Å². The lowest BCUT2D eigenvalue weighted by atomic mass is 10.2. The third-order valence-corrected chi connectivity index (χ3v) is 9.11. The normalized spacial score (nSPS) is 12.2. The molecule has 0 saturated carbocycles. The van der Waals surface area contributed by atoms with Gasteiger partial charge in [-0.05, 0) is 62.4 Å². The van der Waals surface area contributed by atoms with Crippen LogP contribution >= 0.6 is 15.9 Å². The Hall–Kier alpha value is -2.55. The molecular formula is C24H20BrNO4S2. The van der Waals surface area contributed by atoms with Crippen molar-refractivity contribution in [3.8, 4) is 0 Å². The molecule has 5 nitrogen and oxygen atoms in total. The Morgan fingerprint density at radius 1 is 0.750 bits per heavy atom. The summed E-state index contributed by atoms with van der Waals surface area (Å²) in [5.74, 6) is -0.525. The lowest BCUT2D eigenvalue weighted by Crippen LogP contribution is -2.13. The van der Waals surface area contributed by atoms with E-state index in [0.717, 1.165) is 15.6 Å². The van der Waals surface area contributed by atoms with E-state index in [2.05, 4.69) is 20.9 Å². The summed E-state index contributed by atoms with van der Waals surface area (Å²) in [5.41, 5.74) is 2.37. The summed E-state index contributed by atoms with van der Waals surface area (Å²) in [7, 11) is -7.81. The quantitative estimate of drug-likeness (QED) is 0.344. The number of halogens is 1. The largest absolute Gasteiger partial charge is 0.250 e. The average molecular weight is 530 g/mol. The van der Waals surface area contributed by atoms with Gasteiger partial charge in [-0.2, -0.15) is 0 Å². The second kappa shape index (κ2) is 8.42. The molecule has 0 spiro atoms. The molecule has 0 saturated heterocycles. The number of fused-ring (bicyclic) bond motifs is 1. The molecule has 0 radical (unpaired) electrons. The molecule has 0 N–H and O–H groups in total. The molecule has 4 rings (SSSR count). The first-order valence-corrected chi connectivity index (χ1v) is 13.7. The van der Waals surface area contributed by atoms with E-state index in [0.29, 0.717) is 10.9 Å². The highest BCUT2D eigenvalue weighted by Gasteiger charge is 2.27. The Balaban J connectivity index is 1.92. The third-order valence-electron chi connectivity index (χ3n) is 5.14. The number of sulfone groups is 2. The Kier molecular flexibility index (Phi) is 5.96. The zero-order chi connectivity index (χ0) is 23.1. The number of aryl methyl sites for hydroxylation is 2. The zero-order valence-electron chi connectivity index (χ0n) is 17.4. The number of pyridine rings is 1. The van der Waals surface area contributed by atoms with Crippen LogP contribution in [0.2, 0.25) is 0 Å². The Labute approximate surface area is 196 Å². The van der Waals surface area contributed by atoms with Crippen LogP contribution in [-0.2, 0) is 25.4 Å². The number of aromatic nitrogens is 1. The van der Waals surface area contributed by atoms with E-state index in [-0.39, 0.29) is 20.4 Å². The summed E-state index contributed by atoms with van der Waals surface area (Å²) in [6.45, 7) is 3.73. The Bertz CT molecular complexity index is 1530. The molecule has 164 valence electrons. The Morgan fingerprint density at radius 2 is 1.31 bits per heavy atom. The minimum Gasteiger partial charge on any atom is -0.250 e. The van der Waals surface area contributed by atoms with E-state index in [1.807, 2.05) is 13.8 Å². The van der Waals surface area contributed by atoms with Gasteiger partial charge >= 0.3 is 0 Å². The summed E-state index contributed by atoms with van der Waals surface area (Å²) in [5, 5.41) is 0.599. The molecule has 0 amide bonds. The third kappa shape index (κ3) is 4.48. The maximum Gasteiger partial charge on any atom is 0.208 e. The van der Waals surface area contributed by atoms with Crippen LogP contribution < -0.4 is 0 Å². The summed E-state index contributed by atoms with van der Waals surface area (Å²) in [6, 6.07) is 19.7. The van der Waals surface area contributed by atoms with Crippen molar-refractivity contribution in [1.29, 1.82) is 0 Å². The number of benzene rings is 3. The molecule has 0 atom stereocenters. The van der Waals surface area contributed by atoms with Gasteiger partial charge in [0.15, 0.2) is 9.84 Å². The van der Waals surface area contributed by atoms with E-state index in [1.54, 1.807) is 42.5 Å². The molecule has 4 aromatic rings. The highest BCUT2D eigenvalue weighted by Crippen LogP contribution is 2.30. The lowest BCUT2D eigenvalue weighted by molar-refractivity contribution is 0.591. The molecule has 0 aliphatic rings. The van der Waals surface area contributed by atoms with Gasteiger partial charge < -0.3 is 0 Å². The van der Waals surface area contributed by atoms with E-state index in [9.17, 15) is 16.8 Å². The molecule has 8 heteroatoms. The van der Waals surface area contributed by atoms with Crippen molar-refractivity contribution in [1.82, 2.24) is 4.98 Å². The van der Waals surface area contributed by atoms with Crippen LogP contribution in [0.25, 0.3) is 10.9 Å². The van der Waals surface area contributed by atoms with Crippen LogP contribution in [0.4, 0.5) is 0 Å².